The molecule has 6 nitrogen and oxygen atoms in total. The van der Waals surface area contributed by atoms with Crippen LogP contribution >= 0.6 is 0 Å². The standard InChI is InChI=1S/C15H12N2O4/c18-11-3-1-4-12(7-11)21-9-10-8-17-13(15(19)20)5-2-6-14(17)16-10/h1-8,18H,9H2,(H,19,20). The lowest BCUT2D eigenvalue weighted by atomic mass is 10.3. The highest BCUT2D eigenvalue weighted by molar-refractivity contribution is 5.86. The molecule has 2 heterocycles. The summed E-state index contributed by atoms with van der Waals surface area (Å²) in [6.07, 6.45) is 1.63. The second-order valence-corrected chi connectivity index (χ2v) is 4.46. The zero-order valence-electron chi connectivity index (χ0n) is 10.9. The predicted octanol–water partition coefficient (Wildman–Crippen LogP) is 2.32. The summed E-state index contributed by atoms with van der Waals surface area (Å²) in [5.74, 6) is -0.375. The molecule has 0 atom stereocenters. The highest BCUT2D eigenvalue weighted by Crippen LogP contribution is 2.19. The van der Waals surface area contributed by atoms with E-state index in [9.17, 15) is 9.90 Å². The Labute approximate surface area is 119 Å². The number of fused-ring (bicyclic) bond motifs is 1. The molecule has 0 saturated carbocycles. The van der Waals surface area contributed by atoms with Crippen molar-refractivity contribution in [2.45, 2.75) is 6.61 Å². The number of aromatic nitrogens is 2. The van der Waals surface area contributed by atoms with Crippen LogP contribution in [0.25, 0.3) is 5.65 Å². The summed E-state index contributed by atoms with van der Waals surface area (Å²) < 4.78 is 7.02. The number of benzene rings is 1. The third-order valence-corrected chi connectivity index (χ3v) is 2.97. The number of carbonyl (C=O) groups is 1. The quantitative estimate of drug-likeness (QED) is 0.768. The molecule has 0 aliphatic heterocycles. The van der Waals surface area contributed by atoms with Crippen LogP contribution in [0.1, 0.15) is 16.2 Å². The van der Waals surface area contributed by atoms with E-state index in [4.69, 9.17) is 9.84 Å². The zero-order valence-corrected chi connectivity index (χ0v) is 10.9. The minimum atomic E-state index is -1.02. The number of carboxylic acids is 1. The second-order valence-electron chi connectivity index (χ2n) is 4.46. The molecule has 0 unspecified atom stereocenters. The molecule has 0 aliphatic rings. The van der Waals surface area contributed by atoms with Gasteiger partial charge in [-0.15, -0.1) is 0 Å². The van der Waals surface area contributed by atoms with E-state index in [-0.39, 0.29) is 18.1 Å². The Balaban J connectivity index is 1.85. The van der Waals surface area contributed by atoms with Crippen LogP contribution in [0.3, 0.4) is 0 Å². The molecule has 3 rings (SSSR count). The number of carboxylic acid groups (broad SMARTS) is 1. The first-order valence-corrected chi connectivity index (χ1v) is 6.25. The predicted molar refractivity (Wildman–Crippen MR) is 74.6 cm³/mol. The lowest BCUT2D eigenvalue weighted by Gasteiger charge is -2.03. The minimum Gasteiger partial charge on any atom is -0.508 e. The van der Waals surface area contributed by atoms with E-state index < -0.39 is 5.97 Å². The maximum atomic E-state index is 11.1. The number of nitrogens with zero attached hydrogens (tertiary/aromatic N) is 2. The molecular formula is C15H12N2O4. The fourth-order valence-electron chi connectivity index (χ4n) is 2.04. The second kappa shape index (κ2) is 5.16. The molecule has 21 heavy (non-hydrogen) atoms. The van der Waals surface area contributed by atoms with Gasteiger partial charge in [0.1, 0.15) is 29.4 Å². The molecule has 2 aromatic heterocycles. The van der Waals surface area contributed by atoms with Crippen LogP contribution in [0, 0.1) is 0 Å². The van der Waals surface area contributed by atoms with Crippen molar-refractivity contribution < 1.29 is 19.7 Å². The van der Waals surface area contributed by atoms with Crippen molar-refractivity contribution in [3.63, 3.8) is 0 Å². The molecule has 106 valence electrons. The Morgan fingerprint density at radius 2 is 2.05 bits per heavy atom. The number of ether oxygens (including phenoxy) is 1. The molecule has 0 radical (unpaired) electrons. The first-order valence-electron chi connectivity index (χ1n) is 6.25. The molecule has 6 heteroatoms. The molecule has 3 aromatic rings. The molecule has 0 spiro atoms. The Morgan fingerprint density at radius 1 is 1.24 bits per heavy atom. The summed E-state index contributed by atoms with van der Waals surface area (Å²) >= 11 is 0. The molecule has 0 aliphatic carbocycles. The van der Waals surface area contributed by atoms with Crippen molar-refractivity contribution in [1.29, 1.82) is 0 Å². The van der Waals surface area contributed by atoms with E-state index in [0.29, 0.717) is 17.1 Å². The van der Waals surface area contributed by atoms with Gasteiger partial charge in [0.25, 0.3) is 0 Å². The van der Waals surface area contributed by atoms with Crippen LogP contribution in [0.15, 0.2) is 48.7 Å². The fraction of sp³-hybridized carbons (Fsp3) is 0.0667. The Morgan fingerprint density at radius 3 is 2.81 bits per heavy atom. The SMILES string of the molecule is O=C(O)c1cccc2nc(COc3cccc(O)c3)cn12. The first kappa shape index (κ1) is 13.0. The maximum absolute atomic E-state index is 11.1. The Bertz CT molecular complexity index is 810. The highest BCUT2D eigenvalue weighted by Gasteiger charge is 2.10. The smallest absolute Gasteiger partial charge is 0.352 e. The van der Waals surface area contributed by atoms with Gasteiger partial charge in [-0.05, 0) is 24.3 Å². The monoisotopic (exact) mass is 284 g/mol. The third kappa shape index (κ3) is 2.64. The van der Waals surface area contributed by atoms with Crippen molar-refractivity contribution in [3.8, 4) is 11.5 Å². The Kier molecular flexibility index (Phi) is 3.19. The van der Waals surface area contributed by atoms with Crippen LogP contribution in [-0.2, 0) is 6.61 Å². The lowest BCUT2D eigenvalue weighted by Crippen LogP contribution is -2.03. The van der Waals surface area contributed by atoms with E-state index in [0.717, 1.165) is 0 Å². The molecule has 0 fully saturated rings. The van der Waals surface area contributed by atoms with Crippen molar-refractivity contribution in [2.24, 2.45) is 0 Å². The van der Waals surface area contributed by atoms with Gasteiger partial charge in [-0.3, -0.25) is 4.40 Å². The van der Waals surface area contributed by atoms with E-state index in [2.05, 4.69) is 4.98 Å². The average Bonchev–Trinajstić information content (AvgIpc) is 2.87. The summed E-state index contributed by atoms with van der Waals surface area (Å²) in [5, 5.41) is 18.5. The van der Waals surface area contributed by atoms with E-state index in [1.165, 1.54) is 16.5 Å². The number of hydrogen-bond donors (Lipinski definition) is 2. The molecule has 0 saturated heterocycles. The summed E-state index contributed by atoms with van der Waals surface area (Å²) in [4.78, 5) is 15.4. The van der Waals surface area contributed by atoms with Gasteiger partial charge in [0, 0.05) is 12.3 Å². The van der Waals surface area contributed by atoms with Crippen LogP contribution in [0.2, 0.25) is 0 Å². The fourth-order valence-corrected chi connectivity index (χ4v) is 2.04. The van der Waals surface area contributed by atoms with E-state index >= 15 is 0 Å². The molecule has 1 aromatic carbocycles. The molecular weight excluding hydrogens is 272 g/mol. The van der Waals surface area contributed by atoms with Crippen molar-refractivity contribution in [2.75, 3.05) is 0 Å². The number of rotatable bonds is 4. The Hall–Kier alpha value is -3.02. The molecule has 2 N–H and O–H groups in total. The summed E-state index contributed by atoms with van der Waals surface area (Å²) in [7, 11) is 0. The van der Waals surface area contributed by atoms with Gasteiger partial charge >= 0.3 is 5.97 Å². The average molecular weight is 284 g/mol. The number of aromatic hydroxyl groups is 1. The van der Waals surface area contributed by atoms with Crippen LogP contribution in [0.4, 0.5) is 0 Å². The van der Waals surface area contributed by atoms with Gasteiger partial charge in [-0.1, -0.05) is 12.1 Å². The number of phenols is 1. The third-order valence-electron chi connectivity index (χ3n) is 2.97. The first-order chi connectivity index (χ1) is 10.1. The van der Waals surface area contributed by atoms with Gasteiger partial charge in [0.15, 0.2) is 0 Å². The highest BCUT2D eigenvalue weighted by atomic mass is 16.5. The van der Waals surface area contributed by atoms with E-state index in [1.807, 2.05) is 0 Å². The maximum Gasteiger partial charge on any atom is 0.352 e. The van der Waals surface area contributed by atoms with Crippen LogP contribution in [0.5, 0.6) is 11.5 Å². The number of aromatic carboxylic acids is 1. The minimum absolute atomic E-state index is 0.121. The van der Waals surface area contributed by atoms with Crippen molar-refractivity contribution in [3.05, 3.63) is 60.0 Å². The van der Waals surface area contributed by atoms with Gasteiger partial charge in [-0.2, -0.15) is 0 Å². The number of pyridine rings is 1. The summed E-state index contributed by atoms with van der Waals surface area (Å²) in [6, 6.07) is 11.3. The van der Waals surface area contributed by atoms with E-state index in [1.54, 1.807) is 36.5 Å². The largest absolute Gasteiger partial charge is 0.508 e. The van der Waals surface area contributed by atoms with Crippen molar-refractivity contribution in [1.82, 2.24) is 9.38 Å². The lowest BCUT2D eigenvalue weighted by molar-refractivity contribution is 0.0689. The summed E-state index contributed by atoms with van der Waals surface area (Å²) in [5.41, 5.74) is 1.29. The normalized spacial score (nSPS) is 10.7. The van der Waals surface area contributed by atoms with Gasteiger partial charge in [0.05, 0.1) is 5.69 Å². The zero-order chi connectivity index (χ0) is 14.8. The van der Waals surface area contributed by atoms with Crippen molar-refractivity contribution >= 4 is 11.6 Å². The summed E-state index contributed by atoms with van der Waals surface area (Å²) in [6.45, 7) is 0.185. The van der Waals surface area contributed by atoms with Gasteiger partial charge < -0.3 is 14.9 Å². The number of imidazole rings is 1. The number of phenolic OH excluding ortho intramolecular Hbond substituents is 1. The van der Waals surface area contributed by atoms with Crippen LogP contribution < -0.4 is 4.74 Å². The van der Waals surface area contributed by atoms with Gasteiger partial charge in [-0.25, -0.2) is 9.78 Å². The van der Waals surface area contributed by atoms with Crippen LogP contribution in [-0.4, -0.2) is 25.6 Å². The van der Waals surface area contributed by atoms with Gasteiger partial charge in [0.2, 0.25) is 0 Å². The number of hydrogen-bond acceptors (Lipinski definition) is 4. The molecule has 0 amide bonds. The topological polar surface area (TPSA) is 84.1 Å². The molecule has 0 bridgehead atoms.